The molecular formula is C16H25NO3. The predicted octanol–water partition coefficient (Wildman–Crippen LogP) is 2.57. The molecule has 0 heterocycles. The first kappa shape index (κ1) is 13.9. The van der Waals surface area contributed by atoms with Gasteiger partial charge in [0.2, 0.25) is 5.91 Å². The number of hydrogen-bond donors (Lipinski definition) is 2. The number of carbonyl (C=O) groups is 2. The third kappa shape index (κ3) is 2.99. The second kappa shape index (κ2) is 5.38. The molecule has 4 fully saturated rings. The van der Waals surface area contributed by atoms with E-state index in [0.29, 0.717) is 18.3 Å². The van der Waals surface area contributed by atoms with Crippen LogP contribution in [0.5, 0.6) is 0 Å². The summed E-state index contributed by atoms with van der Waals surface area (Å²) in [5.74, 6) is 1.93. The Hall–Kier alpha value is -1.06. The van der Waals surface area contributed by atoms with Gasteiger partial charge in [0.15, 0.2) is 0 Å². The van der Waals surface area contributed by atoms with Crippen molar-refractivity contribution >= 4 is 11.9 Å². The standard InChI is InChI=1S/C16H25NO3/c18-14(2-1-3-15(19)20)17-10-16-7-11-4-12(8-16)6-13(5-11)9-16/h11-13H,1-10H2,(H,17,18)(H,19,20). The molecular weight excluding hydrogens is 254 g/mol. The minimum atomic E-state index is -0.820. The van der Waals surface area contributed by atoms with Gasteiger partial charge in [0.1, 0.15) is 0 Å². The van der Waals surface area contributed by atoms with E-state index in [1.54, 1.807) is 0 Å². The summed E-state index contributed by atoms with van der Waals surface area (Å²) in [5.41, 5.74) is 0.372. The highest BCUT2D eigenvalue weighted by molar-refractivity contribution is 5.76. The van der Waals surface area contributed by atoms with Gasteiger partial charge >= 0.3 is 5.97 Å². The number of nitrogens with one attached hydrogen (secondary N) is 1. The molecule has 112 valence electrons. The van der Waals surface area contributed by atoms with E-state index in [0.717, 1.165) is 24.3 Å². The van der Waals surface area contributed by atoms with Crippen LogP contribution in [0.1, 0.15) is 57.8 Å². The van der Waals surface area contributed by atoms with Gasteiger partial charge in [0.25, 0.3) is 0 Å². The molecule has 0 unspecified atom stereocenters. The second-order valence-electron chi connectivity index (χ2n) is 7.44. The largest absolute Gasteiger partial charge is 0.481 e. The van der Waals surface area contributed by atoms with Crippen LogP contribution in [0.15, 0.2) is 0 Å². The average molecular weight is 279 g/mol. The molecule has 0 aromatic carbocycles. The lowest BCUT2D eigenvalue weighted by atomic mass is 9.49. The molecule has 20 heavy (non-hydrogen) atoms. The summed E-state index contributed by atoms with van der Waals surface area (Å²) in [6.45, 7) is 0.822. The van der Waals surface area contributed by atoms with Crippen molar-refractivity contribution in [3.8, 4) is 0 Å². The highest BCUT2D eigenvalue weighted by atomic mass is 16.4. The van der Waals surface area contributed by atoms with E-state index in [2.05, 4.69) is 5.32 Å². The minimum absolute atomic E-state index is 0.0296. The lowest BCUT2D eigenvalue weighted by molar-refractivity contribution is -0.137. The molecule has 4 saturated carbocycles. The van der Waals surface area contributed by atoms with Gasteiger partial charge < -0.3 is 10.4 Å². The maximum atomic E-state index is 11.8. The molecule has 4 aliphatic rings. The smallest absolute Gasteiger partial charge is 0.303 e. The first-order valence-corrected chi connectivity index (χ1v) is 8.03. The van der Waals surface area contributed by atoms with Crippen molar-refractivity contribution in [1.29, 1.82) is 0 Å². The molecule has 4 bridgehead atoms. The molecule has 4 nitrogen and oxygen atoms in total. The monoisotopic (exact) mass is 279 g/mol. The Morgan fingerprint density at radius 1 is 1.00 bits per heavy atom. The van der Waals surface area contributed by atoms with E-state index in [-0.39, 0.29) is 12.3 Å². The number of aliphatic carboxylic acids is 1. The summed E-state index contributed by atoms with van der Waals surface area (Å²) >= 11 is 0. The Bertz CT molecular complexity index is 369. The van der Waals surface area contributed by atoms with Crippen molar-refractivity contribution in [2.24, 2.45) is 23.2 Å². The van der Waals surface area contributed by atoms with Gasteiger partial charge in [0, 0.05) is 19.4 Å². The SMILES string of the molecule is O=C(O)CCCC(=O)NCC12CC3CC(CC(C3)C1)C2. The van der Waals surface area contributed by atoms with E-state index in [1.807, 2.05) is 0 Å². The van der Waals surface area contributed by atoms with Crippen molar-refractivity contribution in [1.82, 2.24) is 5.32 Å². The molecule has 4 aliphatic carbocycles. The fourth-order valence-electron chi connectivity index (χ4n) is 5.28. The zero-order chi connectivity index (χ0) is 14.2. The predicted molar refractivity (Wildman–Crippen MR) is 75.1 cm³/mol. The second-order valence-corrected chi connectivity index (χ2v) is 7.44. The molecule has 0 aromatic heterocycles. The third-order valence-electron chi connectivity index (χ3n) is 5.62. The number of rotatable bonds is 6. The van der Waals surface area contributed by atoms with E-state index >= 15 is 0 Å². The Balaban J connectivity index is 1.46. The van der Waals surface area contributed by atoms with Gasteiger partial charge in [-0.2, -0.15) is 0 Å². The molecule has 4 rings (SSSR count). The van der Waals surface area contributed by atoms with Gasteiger partial charge in [-0.3, -0.25) is 9.59 Å². The molecule has 0 spiro atoms. The Kier molecular flexibility index (Phi) is 3.74. The first-order valence-electron chi connectivity index (χ1n) is 8.03. The summed E-state index contributed by atoms with van der Waals surface area (Å²) in [5, 5.41) is 11.7. The van der Waals surface area contributed by atoms with Gasteiger partial charge in [-0.1, -0.05) is 0 Å². The van der Waals surface area contributed by atoms with Crippen LogP contribution in [-0.4, -0.2) is 23.5 Å². The summed E-state index contributed by atoms with van der Waals surface area (Å²) in [6, 6.07) is 0. The lowest BCUT2D eigenvalue weighted by Gasteiger charge is -2.56. The van der Waals surface area contributed by atoms with Crippen LogP contribution in [0, 0.1) is 23.2 Å². The van der Waals surface area contributed by atoms with Crippen LogP contribution in [0.3, 0.4) is 0 Å². The molecule has 0 saturated heterocycles. The van der Waals surface area contributed by atoms with Crippen LogP contribution in [0.2, 0.25) is 0 Å². The van der Waals surface area contributed by atoms with Crippen molar-refractivity contribution in [3.05, 3.63) is 0 Å². The van der Waals surface area contributed by atoms with Crippen molar-refractivity contribution in [2.75, 3.05) is 6.54 Å². The maximum absolute atomic E-state index is 11.8. The van der Waals surface area contributed by atoms with E-state index in [1.165, 1.54) is 38.5 Å². The van der Waals surface area contributed by atoms with Crippen molar-refractivity contribution < 1.29 is 14.7 Å². The summed E-state index contributed by atoms with van der Waals surface area (Å²) < 4.78 is 0. The Morgan fingerprint density at radius 2 is 1.55 bits per heavy atom. The zero-order valence-corrected chi connectivity index (χ0v) is 12.1. The average Bonchev–Trinajstić information content (AvgIpc) is 2.34. The maximum Gasteiger partial charge on any atom is 0.303 e. The van der Waals surface area contributed by atoms with Gasteiger partial charge in [-0.05, 0) is 68.1 Å². The van der Waals surface area contributed by atoms with E-state index < -0.39 is 5.97 Å². The number of carboxylic acids is 1. The van der Waals surface area contributed by atoms with Crippen LogP contribution in [0.4, 0.5) is 0 Å². The molecule has 0 atom stereocenters. The fourth-order valence-corrected chi connectivity index (χ4v) is 5.28. The van der Waals surface area contributed by atoms with E-state index in [4.69, 9.17) is 5.11 Å². The lowest BCUT2D eigenvalue weighted by Crippen LogP contribution is -2.51. The highest BCUT2D eigenvalue weighted by Gasteiger charge is 2.50. The number of hydrogen-bond acceptors (Lipinski definition) is 2. The molecule has 0 aliphatic heterocycles. The van der Waals surface area contributed by atoms with Crippen LogP contribution >= 0.6 is 0 Å². The highest BCUT2D eigenvalue weighted by Crippen LogP contribution is 2.59. The van der Waals surface area contributed by atoms with Crippen LogP contribution < -0.4 is 5.32 Å². The molecule has 4 heteroatoms. The molecule has 0 radical (unpaired) electrons. The Morgan fingerprint density at radius 3 is 2.05 bits per heavy atom. The van der Waals surface area contributed by atoms with Gasteiger partial charge in [0.05, 0.1) is 0 Å². The third-order valence-corrected chi connectivity index (χ3v) is 5.62. The van der Waals surface area contributed by atoms with Crippen molar-refractivity contribution in [3.63, 3.8) is 0 Å². The first-order chi connectivity index (χ1) is 9.55. The van der Waals surface area contributed by atoms with Crippen LogP contribution in [0.25, 0.3) is 0 Å². The van der Waals surface area contributed by atoms with Gasteiger partial charge in [-0.25, -0.2) is 0 Å². The van der Waals surface area contributed by atoms with Gasteiger partial charge in [-0.15, -0.1) is 0 Å². The molecule has 0 aromatic rings. The molecule has 2 N–H and O–H groups in total. The fraction of sp³-hybridized carbons (Fsp3) is 0.875. The Labute approximate surface area is 120 Å². The van der Waals surface area contributed by atoms with Crippen LogP contribution in [-0.2, 0) is 9.59 Å². The normalized spacial score (nSPS) is 37.9. The summed E-state index contributed by atoms with van der Waals surface area (Å²) in [4.78, 5) is 22.2. The summed E-state index contributed by atoms with van der Waals surface area (Å²) in [6.07, 6.45) is 9.05. The quantitative estimate of drug-likeness (QED) is 0.785. The number of carboxylic acid groups (broad SMARTS) is 1. The zero-order valence-electron chi connectivity index (χ0n) is 12.1. The molecule has 1 amide bonds. The number of amides is 1. The topological polar surface area (TPSA) is 66.4 Å². The minimum Gasteiger partial charge on any atom is -0.481 e. The summed E-state index contributed by atoms with van der Waals surface area (Å²) in [7, 11) is 0. The number of carbonyl (C=O) groups excluding carboxylic acids is 1. The van der Waals surface area contributed by atoms with E-state index in [9.17, 15) is 9.59 Å². The van der Waals surface area contributed by atoms with Crippen molar-refractivity contribution in [2.45, 2.75) is 57.8 Å².